The molecular weight excluding hydrogens is 184 g/mol. The maximum atomic E-state index is 5.97. The summed E-state index contributed by atoms with van der Waals surface area (Å²) >= 11 is 0. The second kappa shape index (κ2) is 3.38. The Morgan fingerprint density at radius 1 is 1.27 bits per heavy atom. The Hall–Kier alpha value is -1.28. The van der Waals surface area contributed by atoms with Crippen LogP contribution in [0.1, 0.15) is 29.7 Å². The third-order valence-electron chi connectivity index (χ3n) is 3.19. The molecule has 15 heavy (non-hydrogen) atoms. The molecule has 0 aliphatic heterocycles. The highest BCUT2D eigenvalue weighted by atomic mass is 14.9. The maximum absolute atomic E-state index is 5.97. The molecule has 80 valence electrons. The summed E-state index contributed by atoms with van der Waals surface area (Å²) in [6.45, 7) is 6.35. The van der Waals surface area contributed by atoms with Crippen molar-refractivity contribution >= 4 is 10.9 Å². The molecule has 0 aliphatic carbocycles. The molecule has 0 aliphatic rings. The van der Waals surface area contributed by atoms with Crippen molar-refractivity contribution in [2.75, 3.05) is 0 Å². The third-order valence-corrected chi connectivity index (χ3v) is 3.19. The van der Waals surface area contributed by atoms with Crippen LogP contribution in [0.2, 0.25) is 0 Å². The van der Waals surface area contributed by atoms with E-state index in [2.05, 4.69) is 43.8 Å². The minimum Gasteiger partial charge on any atom is -0.350 e. The Morgan fingerprint density at radius 2 is 1.93 bits per heavy atom. The zero-order chi connectivity index (χ0) is 11.2. The van der Waals surface area contributed by atoms with Crippen molar-refractivity contribution in [2.24, 2.45) is 12.8 Å². The molecule has 0 spiro atoms. The smallest absolute Gasteiger partial charge is 0.0513 e. The first-order valence-electron chi connectivity index (χ1n) is 5.33. The molecule has 2 nitrogen and oxygen atoms in total. The number of rotatable bonds is 1. The second-order valence-corrected chi connectivity index (χ2v) is 4.39. The van der Waals surface area contributed by atoms with E-state index in [0.29, 0.717) is 0 Å². The molecule has 0 fully saturated rings. The second-order valence-electron chi connectivity index (χ2n) is 4.39. The largest absolute Gasteiger partial charge is 0.350 e. The highest BCUT2D eigenvalue weighted by molar-refractivity contribution is 5.88. The summed E-state index contributed by atoms with van der Waals surface area (Å²) in [5, 5.41) is 1.29. The number of aryl methyl sites for hydroxylation is 3. The van der Waals surface area contributed by atoms with Gasteiger partial charge in [-0.05, 0) is 37.5 Å². The van der Waals surface area contributed by atoms with Gasteiger partial charge in [-0.15, -0.1) is 0 Å². The van der Waals surface area contributed by atoms with Crippen molar-refractivity contribution in [3.63, 3.8) is 0 Å². The van der Waals surface area contributed by atoms with Gasteiger partial charge in [-0.25, -0.2) is 0 Å². The Kier molecular flexibility index (Phi) is 2.31. The van der Waals surface area contributed by atoms with E-state index < -0.39 is 0 Å². The molecule has 0 amide bonds. The lowest BCUT2D eigenvalue weighted by atomic mass is 10.0. The number of hydrogen-bond acceptors (Lipinski definition) is 1. The molecule has 2 N–H and O–H groups in total. The quantitative estimate of drug-likeness (QED) is 0.757. The molecule has 1 atom stereocenters. The summed E-state index contributed by atoms with van der Waals surface area (Å²) in [5.74, 6) is 0. The van der Waals surface area contributed by atoms with E-state index in [-0.39, 0.29) is 6.04 Å². The van der Waals surface area contributed by atoms with E-state index in [1.165, 1.54) is 27.6 Å². The molecule has 0 bridgehead atoms. The number of hydrogen-bond donors (Lipinski definition) is 1. The first kappa shape index (κ1) is 10.2. The first-order valence-corrected chi connectivity index (χ1v) is 5.33. The molecule has 2 aromatic rings. The van der Waals surface area contributed by atoms with Crippen molar-refractivity contribution in [1.82, 2.24) is 4.57 Å². The molecule has 1 heterocycles. The van der Waals surface area contributed by atoms with Crippen LogP contribution in [-0.4, -0.2) is 4.57 Å². The molecule has 2 heteroatoms. The summed E-state index contributed by atoms with van der Waals surface area (Å²) < 4.78 is 2.18. The van der Waals surface area contributed by atoms with E-state index in [0.717, 1.165) is 0 Å². The molecule has 1 aromatic carbocycles. The van der Waals surface area contributed by atoms with Gasteiger partial charge in [-0.1, -0.05) is 12.1 Å². The highest BCUT2D eigenvalue weighted by Crippen LogP contribution is 2.28. The number of aromatic nitrogens is 1. The maximum Gasteiger partial charge on any atom is 0.0513 e. The molecule has 1 aromatic heterocycles. The van der Waals surface area contributed by atoms with Gasteiger partial charge < -0.3 is 10.3 Å². The van der Waals surface area contributed by atoms with Crippen LogP contribution in [0.15, 0.2) is 18.3 Å². The average Bonchev–Trinajstić information content (AvgIpc) is 2.50. The lowest BCUT2D eigenvalue weighted by Crippen LogP contribution is -2.03. The zero-order valence-corrected chi connectivity index (χ0v) is 9.83. The SMILES string of the molecule is Cc1ccc2c(C(C)N)cn(C)c2c1C. The average molecular weight is 202 g/mol. The van der Waals surface area contributed by atoms with Crippen LogP contribution < -0.4 is 5.73 Å². The summed E-state index contributed by atoms with van der Waals surface area (Å²) in [4.78, 5) is 0. The summed E-state index contributed by atoms with van der Waals surface area (Å²) in [7, 11) is 2.08. The zero-order valence-electron chi connectivity index (χ0n) is 9.83. The molecule has 1 unspecified atom stereocenters. The number of fused-ring (bicyclic) bond motifs is 1. The number of nitrogens with two attached hydrogens (primary N) is 1. The van der Waals surface area contributed by atoms with Crippen LogP contribution in [0.3, 0.4) is 0 Å². The fourth-order valence-electron chi connectivity index (χ4n) is 2.19. The summed E-state index contributed by atoms with van der Waals surface area (Å²) in [6, 6.07) is 4.44. The van der Waals surface area contributed by atoms with Crippen LogP contribution in [0, 0.1) is 13.8 Å². The lowest BCUT2D eigenvalue weighted by molar-refractivity contribution is 0.815. The van der Waals surface area contributed by atoms with E-state index in [1.54, 1.807) is 0 Å². The minimum absolute atomic E-state index is 0.0933. The van der Waals surface area contributed by atoms with Gasteiger partial charge in [0.2, 0.25) is 0 Å². The fraction of sp³-hybridized carbons (Fsp3) is 0.385. The van der Waals surface area contributed by atoms with Crippen molar-refractivity contribution < 1.29 is 0 Å². The fourth-order valence-corrected chi connectivity index (χ4v) is 2.19. The van der Waals surface area contributed by atoms with Gasteiger partial charge in [-0.2, -0.15) is 0 Å². The normalized spacial score (nSPS) is 13.4. The van der Waals surface area contributed by atoms with Crippen LogP contribution in [0.5, 0.6) is 0 Å². The van der Waals surface area contributed by atoms with Gasteiger partial charge in [0.25, 0.3) is 0 Å². The predicted molar refractivity (Wildman–Crippen MR) is 65.0 cm³/mol. The highest BCUT2D eigenvalue weighted by Gasteiger charge is 2.12. The topological polar surface area (TPSA) is 30.9 Å². The predicted octanol–water partition coefficient (Wildman–Crippen LogP) is 2.81. The van der Waals surface area contributed by atoms with Crippen LogP contribution in [-0.2, 0) is 7.05 Å². The van der Waals surface area contributed by atoms with Gasteiger partial charge in [0.1, 0.15) is 0 Å². The molecule has 0 radical (unpaired) electrons. The Labute approximate surface area is 90.7 Å². The van der Waals surface area contributed by atoms with Crippen LogP contribution in [0.25, 0.3) is 10.9 Å². The van der Waals surface area contributed by atoms with Gasteiger partial charge in [0.05, 0.1) is 5.52 Å². The van der Waals surface area contributed by atoms with Crippen LogP contribution >= 0.6 is 0 Å². The van der Waals surface area contributed by atoms with Crippen molar-refractivity contribution in [3.05, 3.63) is 35.0 Å². The van der Waals surface area contributed by atoms with Crippen LogP contribution in [0.4, 0.5) is 0 Å². The van der Waals surface area contributed by atoms with E-state index >= 15 is 0 Å². The van der Waals surface area contributed by atoms with Crippen molar-refractivity contribution in [1.29, 1.82) is 0 Å². The van der Waals surface area contributed by atoms with Gasteiger partial charge >= 0.3 is 0 Å². The number of benzene rings is 1. The van der Waals surface area contributed by atoms with E-state index in [1.807, 2.05) is 6.92 Å². The summed E-state index contributed by atoms with van der Waals surface area (Å²) in [5.41, 5.74) is 11.2. The van der Waals surface area contributed by atoms with Gasteiger partial charge in [-0.3, -0.25) is 0 Å². The standard InChI is InChI=1S/C13H18N2/c1-8-5-6-11-12(10(3)14)7-15(4)13(11)9(8)2/h5-7,10H,14H2,1-4H3. The van der Waals surface area contributed by atoms with Gasteiger partial charge in [0.15, 0.2) is 0 Å². The monoisotopic (exact) mass is 202 g/mol. The Morgan fingerprint density at radius 3 is 2.53 bits per heavy atom. The molecule has 0 saturated carbocycles. The molecule has 2 rings (SSSR count). The van der Waals surface area contributed by atoms with E-state index in [9.17, 15) is 0 Å². The first-order chi connectivity index (χ1) is 7.02. The van der Waals surface area contributed by atoms with Crippen molar-refractivity contribution in [2.45, 2.75) is 26.8 Å². The molecule has 0 saturated heterocycles. The van der Waals surface area contributed by atoms with E-state index in [4.69, 9.17) is 5.73 Å². The Balaban J connectivity index is 2.86. The number of nitrogens with zero attached hydrogens (tertiary/aromatic N) is 1. The third kappa shape index (κ3) is 1.45. The lowest BCUT2D eigenvalue weighted by Gasteiger charge is -2.06. The Bertz CT molecular complexity index is 507. The molecular formula is C13H18N2. The van der Waals surface area contributed by atoms with Gasteiger partial charge in [0, 0.05) is 24.7 Å². The minimum atomic E-state index is 0.0933. The van der Waals surface area contributed by atoms with Crippen molar-refractivity contribution in [3.8, 4) is 0 Å². The summed E-state index contributed by atoms with van der Waals surface area (Å²) in [6.07, 6.45) is 2.14.